The van der Waals surface area contributed by atoms with Crippen LogP contribution in [-0.2, 0) is 0 Å². The van der Waals surface area contributed by atoms with E-state index in [0.717, 1.165) is 0 Å². The summed E-state index contributed by atoms with van der Waals surface area (Å²) >= 11 is 1.66. The van der Waals surface area contributed by atoms with Gasteiger partial charge in [0.05, 0.1) is 18.4 Å². The van der Waals surface area contributed by atoms with Crippen LogP contribution in [0.3, 0.4) is 0 Å². The second-order valence-electron chi connectivity index (χ2n) is 3.54. The SMILES string of the molecule is CC(Nc1cncc(C(N)=O)n1)c1cccs1. The first-order valence-corrected chi connectivity index (χ1v) is 5.96. The second kappa shape index (κ2) is 4.92. The molecule has 0 aliphatic heterocycles. The number of amides is 1. The number of hydrogen-bond donors (Lipinski definition) is 2. The molecule has 1 amide bonds. The first-order chi connectivity index (χ1) is 8.16. The molecule has 2 aromatic rings. The van der Waals surface area contributed by atoms with Crippen LogP contribution in [-0.4, -0.2) is 15.9 Å². The number of anilines is 1. The van der Waals surface area contributed by atoms with Gasteiger partial charge in [-0.2, -0.15) is 0 Å². The van der Waals surface area contributed by atoms with Crippen LogP contribution in [0.2, 0.25) is 0 Å². The van der Waals surface area contributed by atoms with Gasteiger partial charge in [0, 0.05) is 4.88 Å². The van der Waals surface area contributed by atoms with Gasteiger partial charge < -0.3 is 11.1 Å². The molecule has 2 heterocycles. The molecule has 0 fully saturated rings. The maximum absolute atomic E-state index is 11.0. The maximum Gasteiger partial charge on any atom is 0.268 e. The summed E-state index contributed by atoms with van der Waals surface area (Å²) in [6, 6.07) is 4.14. The van der Waals surface area contributed by atoms with Crippen molar-refractivity contribution in [1.29, 1.82) is 0 Å². The van der Waals surface area contributed by atoms with Gasteiger partial charge in [0.15, 0.2) is 0 Å². The standard InChI is InChI=1S/C11H12N4OS/c1-7(9-3-2-4-17-9)14-10-6-13-5-8(15-10)11(12)16/h2-7H,1H3,(H2,12,16)(H,14,15). The summed E-state index contributed by atoms with van der Waals surface area (Å²) in [7, 11) is 0. The van der Waals surface area contributed by atoms with Crippen molar-refractivity contribution in [2.75, 3.05) is 5.32 Å². The van der Waals surface area contributed by atoms with E-state index in [4.69, 9.17) is 5.73 Å². The lowest BCUT2D eigenvalue weighted by Crippen LogP contribution is -2.15. The number of nitrogens with two attached hydrogens (primary N) is 1. The van der Waals surface area contributed by atoms with Crippen LogP contribution >= 0.6 is 11.3 Å². The molecule has 0 saturated heterocycles. The van der Waals surface area contributed by atoms with E-state index in [1.54, 1.807) is 17.5 Å². The van der Waals surface area contributed by atoms with Gasteiger partial charge in [-0.15, -0.1) is 11.3 Å². The Bertz CT molecular complexity index is 512. The molecule has 5 nitrogen and oxygen atoms in total. The average Bonchev–Trinajstić information content (AvgIpc) is 2.82. The van der Waals surface area contributed by atoms with E-state index in [9.17, 15) is 4.79 Å². The van der Waals surface area contributed by atoms with E-state index in [1.165, 1.54) is 11.1 Å². The van der Waals surface area contributed by atoms with Crippen LogP contribution in [0.15, 0.2) is 29.9 Å². The van der Waals surface area contributed by atoms with E-state index in [1.807, 2.05) is 24.4 Å². The third-order valence-corrected chi connectivity index (χ3v) is 3.28. The normalized spacial score (nSPS) is 12.1. The van der Waals surface area contributed by atoms with Crippen molar-refractivity contribution in [1.82, 2.24) is 9.97 Å². The zero-order chi connectivity index (χ0) is 12.3. The van der Waals surface area contributed by atoms with Gasteiger partial charge in [-0.05, 0) is 18.4 Å². The van der Waals surface area contributed by atoms with Crippen molar-refractivity contribution >= 4 is 23.1 Å². The zero-order valence-electron chi connectivity index (χ0n) is 9.25. The molecule has 0 bridgehead atoms. The summed E-state index contributed by atoms with van der Waals surface area (Å²) in [5.41, 5.74) is 5.30. The smallest absolute Gasteiger partial charge is 0.268 e. The molecule has 1 unspecified atom stereocenters. The van der Waals surface area contributed by atoms with E-state index in [-0.39, 0.29) is 11.7 Å². The summed E-state index contributed by atoms with van der Waals surface area (Å²) in [6.07, 6.45) is 2.92. The molecule has 0 aliphatic rings. The molecular formula is C11H12N4OS. The molecule has 0 radical (unpaired) electrons. The van der Waals surface area contributed by atoms with Crippen LogP contribution in [0.1, 0.15) is 28.3 Å². The molecule has 0 spiro atoms. The molecule has 0 aromatic carbocycles. The van der Waals surface area contributed by atoms with Gasteiger partial charge >= 0.3 is 0 Å². The Morgan fingerprint density at radius 1 is 1.53 bits per heavy atom. The minimum absolute atomic E-state index is 0.118. The minimum atomic E-state index is -0.579. The lowest BCUT2D eigenvalue weighted by Gasteiger charge is -2.12. The predicted octanol–water partition coefficient (Wildman–Crippen LogP) is 1.81. The molecule has 88 valence electrons. The Kier molecular flexibility index (Phi) is 3.34. The van der Waals surface area contributed by atoms with Crippen LogP contribution < -0.4 is 11.1 Å². The van der Waals surface area contributed by atoms with E-state index < -0.39 is 5.91 Å². The fourth-order valence-electron chi connectivity index (χ4n) is 1.38. The summed E-state index contributed by atoms with van der Waals surface area (Å²) in [5.74, 6) is -0.0351. The van der Waals surface area contributed by atoms with E-state index >= 15 is 0 Å². The Morgan fingerprint density at radius 2 is 2.35 bits per heavy atom. The molecule has 1 atom stereocenters. The highest BCUT2D eigenvalue weighted by molar-refractivity contribution is 7.10. The van der Waals surface area contributed by atoms with E-state index in [2.05, 4.69) is 15.3 Å². The number of thiophene rings is 1. The Balaban J connectivity index is 2.13. The Hall–Kier alpha value is -1.95. The van der Waals surface area contributed by atoms with Crippen LogP contribution in [0.4, 0.5) is 5.82 Å². The molecule has 17 heavy (non-hydrogen) atoms. The van der Waals surface area contributed by atoms with Crippen LogP contribution in [0, 0.1) is 0 Å². The van der Waals surface area contributed by atoms with Gasteiger partial charge in [0.2, 0.25) is 0 Å². The highest BCUT2D eigenvalue weighted by atomic mass is 32.1. The number of aromatic nitrogens is 2. The lowest BCUT2D eigenvalue weighted by atomic mass is 10.3. The summed E-state index contributed by atoms with van der Waals surface area (Å²) in [4.78, 5) is 20.1. The molecule has 2 rings (SSSR count). The first-order valence-electron chi connectivity index (χ1n) is 5.08. The molecule has 0 saturated carbocycles. The van der Waals surface area contributed by atoms with Crippen LogP contribution in [0.5, 0.6) is 0 Å². The van der Waals surface area contributed by atoms with Gasteiger partial charge in [0.25, 0.3) is 5.91 Å². The number of hydrogen-bond acceptors (Lipinski definition) is 5. The number of nitrogens with one attached hydrogen (secondary N) is 1. The van der Waals surface area contributed by atoms with Gasteiger partial charge in [-0.3, -0.25) is 9.78 Å². The number of primary amides is 1. The van der Waals surface area contributed by atoms with Crippen molar-refractivity contribution in [3.05, 3.63) is 40.5 Å². The molecule has 6 heteroatoms. The molecule has 3 N–H and O–H groups in total. The highest BCUT2D eigenvalue weighted by Crippen LogP contribution is 2.21. The maximum atomic E-state index is 11.0. The van der Waals surface area contributed by atoms with Gasteiger partial charge in [-0.1, -0.05) is 6.07 Å². The van der Waals surface area contributed by atoms with Gasteiger partial charge in [-0.25, -0.2) is 4.98 Å². The number of nitrogens with zero attached hydrogens (tertiary/aromatic N) is 2. The quantitative estimate of drug-likeness (QED) is 0.864. The summed E-state index contributed by atoms with van der Waals surface area (Å²) < 4.78 is 0. The molecule has 2 aromatic heterocycles. The highest BCUT2D eigenvalue weighted by Gasteiger charge is 2.09. The first kappa shape index (κ1) is 11.5. The van der Waals surface area contributed by atoms with Crippen molar-refractivity contribution < 1.29 is 4.79 Å². The van der Waals surface area contributed by atoms with E-state index in [0.29, 0.717) is 5.82 Å². The number of carbonyl (C=O) groups is 1. The summed E-state index contributed by atoms with van der Waals surface area (Å²) in [5, 5.41) is 5.18. The Morgan fingerprint density at radius 3 is 3.00 bits per heavy atom. The van der Waals surface area contributed by atoms with Gasteiger partial charge in [0.1, 0.15) is 11.5 Å². The van der Waals surface area contributed by atoms with Crippen molar-refractivity contribution in [2.24, 2.45) is 5.73 Å². The predicted molar refractivity (Wildman–Crippen MR) is 66.9 cm³/mol. The van der Waals surface area contributed by atoms with Crippen molar-refractivity contribution in [2.45, 2.75) is 13.0 Å². The van der Waals surface area contributed by atoms with Crippen molar-refractivity contribution in [3.8, 4) is 0 Å². The van der Waals surface area contributed by atoms with Crippen LogP contribution in [0.25, 0.3) is 0 Å². The minimum Gasteiger partial charge on any atom is -0.364 e. The molecular weight excluding hydrogens is 236 g/mol. The largest absolute Gasteiger partial charge is 0.364 e. The number of rotatable bonds is 4. The zero-order valence-corrected chi connectivity index (χ0v) is 10.1. The lowest BCUT2D eigenvalue weighted by molar-refractivity contribution is 0.0995. The average molecular weight is 248 g/mol. The fraction of sp³-hybridized carbons (Fsp3) is 0.182. The Labute approximate surface area is 103 Å². The monoisotopic (exact) mass is 248 g/mol. The third kappa shape index (κ3) is 2.79. The fourth-order valence-corrected chi connectivity index (χ4v) is 2.12. The summed E-state index contributed by atoms with van der Waals surface area (Å²) in [6.45, 7) is 2.02. The second-order valence-corrected chi connectivity index (χ2v) is 4.51. The third-order valence-electron chi connectivity index (χ3n) is 2.22. The van der Waals surface area contributed by atoms with Crippen molar-refractivity contribution in [3.63, 3.8) is 0 Å². The molecule has 0 aliphatic carbocycles. The topological polar surface area (TPSA) is 80.9 Å². The number of carbonyl (C=O) groups excluding carboxylic acids is 1.